The summed E-state index contributed by atoms with van der Waals surface area (Å²) in [6.07, 6.45) is 7.86. The van der Waals surface area contributed by atoms with Gasteiger partial charge in [0.05, 0.1) is 7.11 Å². The first-order valence-electron chi connectivity index (χ1n) is 11.5. The van der Waals surface area contributed by atoms with Crippen LogP contribution in [0.4, 0.5) is 0 Å². The lowest BCUT2D eigenvalue weighted by Crippen LogP contribution is -2.34. The summed E-state index contributed by atoms with van der Waals surface area (Å²) in [5.41, 5.74) is 2.13. The molecule has 0 atom stereocenters. The second kappa shape index (κ2) is 10.7. The molecule has 0 unspecified atom stereocenters. The summed E-state index contributed by atoms with van der Waals surface area (Å²) < 4.78 is 12.8. The summed E-state index contributed by atoms with van der Waals surface area (Å²) in [7, 11) is 1.37. The van der Waals surface area contributed by atoms with E-state index in [2.05, 4.69) is 14.8 Å². The SMILES string of the molecule is COC(=O)c1c(OCCN2CCCCC2)cc(=O)n2c1CCN(Cc1ccncc1)CC2. The lowest BCUT2D eigenvalue weighted by molar-refractivity contribution is 0.0592. The molecular weight excluding hydrogens is 408 g/mol. The fourth-order valence-corrected chi connectivity index (χ4v) is 4.60. The van der Waals surface area contributed by atoms with Gasteiger partial charge in [-0.25, -0.2) is 4.79 Å². The molecule has 1 saturated heterocycles. The molecule has 0 aliphatic carbocycles. The fraction of sp³-hybridized carbons (Fsp3) is 0.542. The molecule has 0 radical (unpaired) electrons. The van der Waals surface area contributed by atoms with Crippen molar-refractivity contribution in [2.45, 2.75) is 38.8 Å². The molecule has 2 aromatic heterocycles. The van der Waals surface area contributed by atoms with Crippen molar-refractivity contribution >= 4 is 5.97 Å². The van der Waals surface area contributed by atoms with Crippen molar-refractivity contribution in [1.82, 2.24) is 19.4 Å². The smallest absolute Gasteiger partial charge is 0.343 e. The van der Waals surface area contributed by atoms with Gasteiger partial charge in [-0.15, -0.1) is 0 Å². The van der Waals surface area contributed by atoms with Gasteiger partial charge in [-0.1, -0.05) is 6.42 Å². The number of esters is 1. The van der Waals surface area contributed by atoms with Crippen molar-refractivity contribution in [1.29, 1.82) is 0 Å². The van der Waals surface area contributed by atoms with E-state index < -0.39 is 5.97 Å². The average Bonchev–Trinajstić information content (AvgIpc) is 3.03. The lowest BCUT2D eigenvalue weighted by Gasteiger charge is -2.26. The van der Waals surface area contributed by atoms with Gasteiger partial charge < -0.3 is 14.0 Å². The number of hydrogen-bond donors (Lipinski definition) is 0. The maximum atomic E-state index is 12.9. The van der Waals surface area contributed by atoms with Gasteiger partial charge in [0.2, 0.25) is 0 Å². The van der Waals surface area contributed by atoms with Crippen LogP contribution in [0.1, 0.15) is 40.9 Å². The summed E-state index contributed by atoms with van der Waals surface area (Å²) in [5.74, 6) is -0.114. The van der Waals surface area contributed by atoms with Gasteiger partial charge in [0.1, 0.15) is 17.9 Å². The van der Waals surface area contributed by atoms with E-state index in [1.807, 2.05) is 12.1 Å². The zero-order chi connectivity index (χ0) is 22.3. The number of carbonyl (C=O) groups excluding carboxylic acids is 1. The predicted molar refractivity (Wildman–Crippen MR) is 121 cm³/mol. The molecule has 0 saturated carbocycles. The summed E-state index contributed by atoms with van der Waals surface area (Å²) in [6.45, 7) is 6.16. The molecule has 2 aromatic rings. The maximum absolute atomic E-state index is 12.9. The number of likely N-dealkylation sites (tertiary alicyclic amines) is 1. The number of ether oxygens (including phenoxy) is 2. The van der Waals surface area contributed by atoms with E-state index in [-0.39, 0.29) is 5.56 Å². The van der Waals surface area contributed by atoms with Crippen LogP contribution in [0.2, 0.25) is 0 Å². The van der Waals surface area contributed by atoms with Crippen molar-refractivity contribution < 1.29 is 14.3 Å². The lowest BCUT2D eigenvalue weighted by atomic mass is 10.1. The molecule has 0 N–H and O–H groups in total. The van der Waals surface area contributed by atoms with Crippen molar-refractivity contribution in [3.05, 3.63) is 57.8 Å². The van der Waals surface area contributed by atoms with E-state index in [1.54, 1.807) is 17.0 Å². The highest BCUT2D eigenvalue weighted by molar-refractivity contribution is 5.93. The molecule has 4 rings (SSSR count). The highest BCUT2D eigenvalue weighted by atomic mass is 16.5. The van der Waals surface area contributed by atoms with Crippen LogP contribution >= 0.6 is 0 Å². The Morgan fingerprint density at radius 1 is 1.03 bits per heavy atom. The Balaban J connectivity index is 1.52. The van der Waals surface area contributed by atoms with Gasteiger partial charge in [0.25, 0.3) is 5.56 Å². The number of hydrogen-bond acceptors (Lipinski definition) is 7. The first-order chi connectivity index (χ1) is 15.7. The van der Waals surface area contributed by atoms with Crippen LogP contribution in [-0.4, -0.2) is 71.8 Å². The third-order valence-electron chi connectivity index (χ3n) is 6.34. The largest absolute Gasteiger partial charge is 0.491 e. The summed E-state index contributed by atoms with van der Waals surface area (Å²) in [6, 6.07) is 5.45. The van der Waals surface area contributed by atoms with E-state index in [0.717, 1.165) is 39.3 Å². The Hall–Kier alpha value is -2.71. The van der Waals surface area contributed by atoms with E-state index in [9.17, 15) is 9.59 Å². The number of aromatic nitrogens is 2. The monoisotopic (exact) mass is 440 g/mol. The van der Waals surface area contributed by atoms with Crippen molar-refractivity contribution in [2.75, 3.05) is 46.4 Å². The molecule has 0 aromatic carbocycles. The van der Waals surface area contributed by atoms with Crippen LogP contribution in [0, 0.1) is 0 Å². The maximum Gasteiger partial charge on any atom is 0.343 e. The molecule has 172 valence electrons. The summed E-state index contributed by atoms with van der Waals surface area (Å²) >= 11 is 0. The third kappa shape index (κ3) is 5.37. The Morgan fingerprint density at radius 3 is 2.56 bits per heavy atom. The standard InChI is InChI=1S/C24H32N4O4/c1-31-24(30)23-20-7-12-27(18-19-5-8-25-9-6-19)13-14-28(20)22(29)17-21(23)32-16-15-26-10-3-2-4-11-26/h5-6,8-9,17H,2-4,7,10-16,18H2,1H3. The quantitative estimate of drug-likeness (QED) is 0.609. The molecule has 2 aliphatic rings. The Labute approximate surface area is 188 Å². The highest BCUT2D eigenvalue weighted by Crippen LogP contribution is 2.24. The van der Waals surface area contributed by atoms with Crippen molar-refractivity contribution in [3.8, 4) is 5.75 Å². The van der Waals surface area contributed by atoms with E-state index in [1.165, 1.54) is 38.0 Å². The minimum atomic E-state index is -0.454. The third-order valence-corrected chi connectivity index (χ3v) is 6.34. The number of pyridine rings is 2. The van der Waals surface area contributed by atoms with Crippen LogP contribution in [-0.2, 0) is 24.2 Å². The second-order valence-electron chi connectivity index (χ2n) is 8.44. The minimum Gasteiger partial charge on any atom is -0.491 e. The number of carbonyl (C=O) groups is 1. The molecule has 4 heterocycles. The first-order valence-corrected chi connectivity index (χ1v) is 11.5. The Morgan fingerprint density at radius 2 is 1.81 bits per heavy atom. The molecule has 0 amide bonds. The van der Waals surface area contributed by atoms with Gasteiger partial charge in [0, 0.05) is 63.3 Å². The summed E-state index contributed by atoms with van der Waals surface area (Å²) in [5, 5.41) is 0. The van der Waals surface area contributed by atoms with Crippen LogP contribution in [0.5, 0.6) is 5.75 Å². The zero-order valence-corrected chi connectivity index (χ0v) is 18.8. The Kier molecular flexibility index (Phi) is 7.55. The van der Waals surface area contributed by atoms with Gasteiger partial charge in [0.15, 0.2) is 0 Å². The van der Waals surface area contributed by atoms with E-state index in [4.69, 9.17) is 9.47 Å². The predicted octanol–water partition coefficient (Wildman–Crippen LogP) is 1.95. The number of methoxy groups -OCH3 is 1. The molecule has 0 spiro atoms. The zero-order valence-electron chi connectivity index (χ0n) is 18.8. The fourth-order valence-electron chi connectivity index (χ4n) is 4.60. The molecule has 8 heteroatoms. The van der Waals surface area contributed by atoms with Crippen LogP contribution in [0.25, 0.3) is 0 Å². The van der Waals surface area contributed by atoms with Gasteiger partial charge >= 0.3 is 5.97 Å². The minimum absolute atomic E-state index is 0.133. The average molecular weight is 441 g/mol. The van der Waals surface area contributed by atoms with E-state index in [0.29, 0.717) is 36.6 Å². The number of piperidine rings is 1. The van der Waals surface area contributed by atoms with Gasteiger partial charge in [-0.05, 0) is 43.6 Å². The normalized spacial score (nSPS) is 17.4. The number of nitrogens with zero attached hydrogens (tertiary/aromatic N) is 4. The van der Waals surface area contributed by atoms with Crippen molar-refractivity contribution in [3.63, 3.8) is 0 Å². The van der Waals surface area contributed by atoms with Crippen LogP contribution in [0.3, 0.4) is 0 Å². The molecule has 1 fully saturated rings. The van der Waals surface area contributed by atoms with Crippen LogP contribution < -0.4 is 10.3 Å². The summed E-state index contributed by atoms with van der Waals surface area (Å²) in [4.78, 5) is 34.4. The first kappa shape index (κ1) is 22.5. The molecular formula is C24H32N4O4. The Bertz CT molecular complexity index is 970. The molecule has 8 nitrogen and oxygen atoms in total. The second-order valence-corrected chi connectivity index (χ2v) is 8.44. The molecule has 32 heavy (non-hydrogen) atoms. The number of fused-ring (bicyclic) bond motifs is 1. The van der Waals surface area contributed by atoms with Crippen LogP contribution in [0.15, 0.2) is 35.4 Å². The van der Waals surface area contributed by atoms with Gasteiger partial charge in [-0.2, -0.15) is 0 Å². The highest BCUT2D eigenvalue weighted by Gasteiger charge is 2.26. The van der Waals surface area contributed by atoms with E-state index >= 15 is 0 Å². The topological polar surface area (TPSA) is 76.9 Å². The molecule has 0 bridgehead atoms. The van der Waals surface area contributed by atoms with Gasteiger partial charge in [-0.3, -0.25) is 19.6 Å². The number of rotatable bonds is 7. The van der Waals surface area contributed by atoms with Crippen molar-refractivity contribution in [2.24, 2.45) is 0 Å². The molecule has 2 aliphatic heterocycles.